The zero-order valence-electron chi connectivity index (χ0n) is 12.3. The number of nitrogens with one attached hydrogen (secondary N) is 1. The number of nitrogens with zero attached hydrogens (tertiary/aromatic N) is 1. The van der Waals surface area contributed by atoms with Gasteiger partial charge in [0.2, 0.25) is 5.91 Å². The monoisotopic (exact) mass is 252 g/mol. The smallest absolute Gasteiger partial charge is 0.241 e. The van der Waals surface area contributed by atoms with E-state index in [0.29, 0.717) is 17.9 Å². The highest BCUT2D eigenvalue weighted by Gasteiger charge is 2.50. The van der Waals surface area contributed by atoms with Crippen molar-refractivity contribution in [2.24, 2.45) is 11.8 Å². The Morgan fingerprint density at radius 2 is 2.11 bits per heavy atom. The molecule has 0 bridgehead atoms. The molecule has 4 atom stereocenters. The van der Waals surface area contributed by atoms with Crippen molar-refractivity contribution >= 4 is 5.91 Å². The van der Waals surface area contributed by atoms with E-state index in [0.717, 1.165) is 18.8 Å². The molecule has 4 unspecified atom stereocenters. The van der Waals surface area contributed by atoms with Gasteiger partial charge in [0.15, 0.2) is 0 Å². The van der Waals surface area contributed by atoms with Crippen LogP contribution in [0.5, 0.6) is 0 Å². The summed E-state index contributed by atoms with van der Waals surface area (Å²) in [7, 11) is 0. The number of carbonyl (C=O) groups excluding carboxylic acids is 1. The molecule has 18 heavy (non-hydrogen) atoms. The van der Waals surface area contributed by atoms with Crippen molar-refractivity contribution in [2.45, 2.75) is 78.0 Å². The van der Waals surface area contributed by atoms with Gasteiger partial charge in [-0.3, -0.25) is 10.1 Å². The van der Waals surface area contributed by atoms with Gasteiger partial charge in [-0.05, 0) is 37.5 Å². The Balaban J connectivity index is 1.98. The Morgan fingerprint density at radius 1 is 1.39 bits per heavy atom. The van der Waals surface area contributed by atoms with Crippen molar-refractivity contribution in [3.8, 4) is 0 Å². The average molecular weight is 252 g/mol. The molecule has 3 heteroatoms. The summed E-state index contributed by atoms with van der Waals surface area (Å²) < 4.78 is 0. The van der Waals surface area contributed by atoms with Crippen LogP contribution in [0.1, 0.15) is 59.8 Å². The molecule has 104 valence electrons. The Kier molecular flexibility index (Phi) is 4.31. The lowest BCUT2D eigenvalue weighted by molar-refractivity contribution is -0.131. The molecule has 0 radical (unpaired) electrons. The van der Waals surface area contributed by atoms with Crippen LogP contribution in [0.3, 0.4) is 0 Å². The molecule has 2 rings (SSSR count). The van der Waals surface area contributed by atoms with Gasteiger partial charge in [0, 0.05) is 6.04 Å². The van der Waals surface area contributed by atoms with E-state index in [2.05, 4.69) is 37.9 Å². The van der Waals surface area contributed by atoms with Crippen LogP contribution < -0.4 is 5.32 Å². The van der Waals surface area contributed by atoms with Gasteiger partial charge in [-0.2, -0.15) is 0 Å². The van der Waals surface area contributed by atoms with E-state index in [1.165, 1.54) is 19.3 Å². The molecule has 0 spiro atoms. The molecule has 1 heterocycles. The predicted octanol–water partition coefficient (Wildman–Crippen LogP) is 2.76. The van der Waals surface area contributed by atoms with Crippen LogP contribution in [0, 0.1) is 11.8 Å². The standard InChI is InChI=1S/C15H28N2O/c1-5-7-11-9-13(11)17-14(6-2)16-12(15(17)18)8-10(3)4/h10-14,16H,5-9H2,1-4H3. The molecule has 2 aliphatic rings. The molecule has 0 aromatic heterocycles. The summed E-state index contributed by atoms with van der Waals surface area (Å²) >= 11 is 0. The second-order valence-corrected chi connectivity index (χ2v) is 6.37. The van der Waals surface area contributed by atoms with Crippen molar-refractivity contribution in [3.63, 3.8) is 0 Å². The summed E-state index contributed by atoms with van der Waals surface area (Å²) in [5.74, 6) is 1.71. The summed E-state index contributed by atoms with van der Waals surface area (Å²) in [5.41, 5.74) is 0. The number of rotatable bonds is 6. The van der Waals surface area contributed by atoms with Gasteiger partial charge in [-0.15, -0.1) is 0 Å². The van der Waals surface area contributed by atoms with E-state index in [9.17, 15) is 4.79 Å². The second kappa shape index (κ2) is 5.60. The van der Waals surface area contributed by atoms with Crippen LogP contribution >= 0.6 is 0 Å². The number of amides is 1. The third-order valence-electron chi connectivity index (χ3n) is 4.28. The first-order valence-electron chi connectivity index (χ1n) is 7.66. The minimum absolute atomic E-state index is 0.0674. The number of hydrogen-bond donors (Lipinski definition) is 1. The van der Waals surface area contributed by atoms with Gasteiger partial charge < -0.3 is 4.90 Å². The van der Waals surface area contributed by atoms with E-state index in [4.69, 9.17) is 0 Å². The molecule has 1 aliphatic carbocycles. The zero-order chi connectivity index (χ0) is 13.3. The first-order valence-corrected chi connectivity index (χ1v) is 7.66. The Hall–Kier alpha value is -0.570. The Labute approximate surface area is 111 Å². The van der Waals surface area contributed by atoms with Gasteiger partial charge >= 0.3 is 0 Å². The van der Waals surface area contributed by atoms with Crippen molar-refractivity contribution in [1.29, 1.82) is 0 Å². The normalized spacial score (nSPS) is 35.6. The highest BCUT2D eigenvalue weighted by Crippen LogP contribution is 2.42. The quantitative estimate of drug-likeness (QED) is 0.788. The van der Waals surface area contributed by atoms with Crippen LogP contribution in [0.25, 0.3) is 0 Å². The van der Waals surface area contributed by atoms with Gasteiger partial charge in [-0.25, -0.2) is 0 Å². The first-order chi connectivity index (χ1) is 8.58. The lowest BCUT2D eigenvalue weighted by atomic mass is 10.0. The van der Waals surface area contributed by atoms with Crippen LogP contribution in [0.15, 0.2) is 0 Å². The molecular formula is C15H28N2O. The molecule has 1 N–H and O–H groups in total. The fourth-order valence-electron chi connectivity index (χ4n) is 3.32. The molecule has 2 fully saturated rings. The second-order valence-electron chi connectivity index (χ2n) is 6.37. The summed E-state index contributed by atoms with van der Waals surface area (Å²) in [6, 6.07) is 0.602. The van der Waals surface area contributed by atoms with Crippen molar-refractivity contribution < 1.29 is 4.79 Å². The zero-order valence-corrected chi connectivity index (χ0v) is 12.3. The van der Waals surface area contributed by atoms with Gasteiger partial charge in [-0.1, -0.05) is 34.1 Å². The van der Waals surface area contributed by atoms with Crippen LogP contribution in [0.4, 0.5) is 0 Å². The van der Waals surface area contributed by atoms with Crippen molar-refractivity contribution in [3.05, 3.63) is 0 Å². The summed E-state index contributed by atoms with van der Waals surface area (Å²) in [5, 5.41) is 3.53. The third kappa shape index (κ3) is 2.71. The first kappa shape index (κ1) is 13.9. The minimum atomic E-state index is 0.0674. The SMILES string of the molecule is CCCC1CC1N1C(=O)C(CC(C)C)NC1CC. The molecule has 0 aromatic carbocycles. The van der Waals surface area contributed by atoms with E-state index >= 15 is 0 Å². The highest BCUT2D eigenvalue weighted by atomic mass is 16.2. The largest absolute Gasteiger partial charge is 0.323 e. The molecule has 3 nitrogen and oxygen atoms in total. The van der Waals surface area contributed by atoms with Gasteiger partial charge in [0.1, 0.15) is 0 Å². The molecule has 1 aliphatic heterocycles. The predicted molar refractivity (Wildman–Crippen MR) is 74.1 cm³/mol. The molecule has 1 amide bonds. The maximum atomic E-state index is 12.5. The third-order valence-corrected chi connectivity index (χ3v) is 4.28. The summed E-state index contributed by atoms with van der Waals surface area (Å²) in [6.07, 6.45) is 6.02. The van der Waals surface area contributed by atoms with E-state index in [1.807, 2.05) is 0 Å². The van der Waals surface area contributed by atoms with Crippen molar-refractivity contribution in [1.82, 2.24) is 10.2 Å². The topological polar surface area (TPSA) is 32.3 Å². The number of hydrogen-bond acceptors (Lipinski definition) is 2. The summed E-state index contributed by atoms with van der Waals surface area (Å²) in [6.45, 7) is 8.79. The Bertz CT molecular complexity index is 303. The maximum absolute atomic E-state index is 12.5. The van der Waals surface area contributed by atoms with Crippen LogP contribution in [0.2, 0.25) is 0 Å². The van der Waals surface area contributed by atoms with E-state index in [-0.39, 0.29) is 12.2 Å². The van der Waals surface area contributed by atoms with Crippen molar-refractivity contribution in [2.75, 3.05) is 0 Å². The lowest BCUT2D eigenvalue weighted by Crippen LogP contribution is -2.39. The van der Waals surface area contributed by atoms with E-state index in [1.54, 1.807) is 0 Å². The molecular weight excluding hydrogens is 224 g/mol. The molecule has 0 aromatic rings. The van der Waals surface area contributed by atoms with Gasteiger partial charge in [0.05, 0.1) is 12.2 Å². The molecule has 1 saturated heterocycles. The lowest BCUT2D eigenvalue weighted by Gasteiger charge is -2.23. The fourth-order valence-corrected chi connectivity index (χ4v) is 3.32. The van der Waals surface area contributed by atoms with E-state index < -0.39 is 0 Å². The summed E-state index contributed by atoms with van der Waals surface area (Å²) in [4.78, 5) is 14.7. The molecule has 1 saturated carbocycles. The average Bonchev–Trinajstić information content (AvgIpc) is 2.98. The van der Waals surface area contributed by atoms with Gasteiger partial charge in [0.25, 0.3) is 0 Å². The van der Waals surface area contributed by atoms with Crippen LogP contribution in [-0.2, 0) is 4.79 Å². The maximum Gasteiger partial charge on any atom is 0.241 e. The Morgan fingerprint density at radius 3 is 2.67 bits per heavy atom. The van der Waals surface area contributed by atoms with Crippen LogP contribution in [-0.4, -0.2) is 29.1 Å². The minimum Gasteiger partial charge on any atom is -0.323 e. The fraction of sp³-hybridized carbons (Fsp3) is 0.933. The highest BCUT2D eigenvalue weighted by molar-refractivity contribution is 5.85. The number of carbonyl (C=O) groups is 1.